The van der Waals surface area contributed by atoms with E-state index in [2.05, 4.69) is 11.1 Å². The topological polar surface area (TPSA) is 30.0 Å². The van der Waals surface area contributed by atoms with E-state index in [4.69, 9.17) is 0 Å². The van der Waals surface area contributed by atoms with Gasteiger partial charge >= 0.3 is 0 Å². The van der Waals surface area contributed by atoms with Crippen LogP contribution in [-0.2, 0) is 4.79 Å². The lowest BCUT2D eigenvalue weighted by Gasteiger charge is -1.98. The van der Waals surface area contributed by atoms with Crippen LogP contribution < -0.4 is 0 Å². The minimum Gasteiger partial charge on any atom is -0.303 e. The van der Waals surface area contributed by atoms with E-state index in [9.17, 15) is 4.79 Å². The minimum absolute atomic E-state index is 0.467. The number of pyridine rings is 1. The van der Waals surface area contributed by atoms with Gasteiger partial charge in [0, 0.05) is 24.2 Å². The van der Waals surface area contributed by atoms with Gasteiger partial charge in [-0.1, -0.05) is 24.3 Å². The highest BCUT2D eigenvalue weighted by atomic mass is 16.1. The molecule has 74 valence electrons. The van der Waals surface area contributed by atoms with Gasteiger partial charge in [0.25, 0.3) is 0 Å². The lowest BCUT2D eigenvalue weighted by molar-refractivity contribution is -0.107. The molecular formula is C13H11NO. The molecule has 2 rings (SSSR count). The molecule has 0 radical (unpaired) electrons. The number of benzene rings is 1. The van der Waals surface area contributed by atoms with Crippen molar-refractivity contribution in [2.24, 2.45) is 0 Å². The highest BCUT2D eigenvalue weighted by Gasteiger charge is 1.92. The monoisotopic (exact) mass is 197 g/mol. The standard InChI is InChI=1S/C13H11NO/c15-8-2-1-3-11-4-5-13-10-14-7-6-12(13)9-11/h1,3-10H,2H2. The lowest BCUT2D eigenvalue weighted by Crippen LogP contribution is -1.77. The Morgan fingerprint density at radius 3 is 3.00 bits per heavy atom. The van der Waals surface area contributed by atoms with Crippen LogP contribution in [0.3, 0.4) is 0 Å². The molecule has 2 aromatic rings. The maximum absolute atomic E-state index is 10.1. The Morgan fingerprint density at radius 2 is 2.13 bits per heavy atom. The van der Waals surface area contributed by atoms with Crippen LogP contribution in [0.25, 0.3) is 16.8 Å². The highest BCUT2D eigenvalue weighted by molar-refractivity contribution is 5.83. The molecule has 1 aromatic heterocycles. The zero-order chi connectivity index (χ0) is 10.5. The number of carbonyl (C=O) groups excluding carboxylic acids is 1. The SMILES string of the molecule is O=CCC=Cc1ccc2cnccc2c1. The number of allylic oxidation sites excluding steroid dienone is 1. The molecule has 0 fully saturated rings. The Morgan fingerprint density at radius 1 is 1.20 bits per heavy atom. The number of carbonyl (C=O) groups is 1. The van der Waals surface area contributed by atoms with Gasteiger partial charge in [0.05, 0.1) is 0 Å². The Hall–Kier alpha value is -1.96. The Kier molecular flexibility index (Phi) is 2.88. The first-order valence-electron chi connectivity index (χ1n) is 4.84. The first-order chi connectivity index (χ1) is 7.40. The van der Waals surface area contributed by atoms with Gasteiger partial charge in [0.1, 0.15) is 6.29 Å². The van der Waals surface area contributed by atoms with Crippen molar-refractivity contribution in [2.45, 2.75) is 6.42 Å². The molecule has 0 saturated heterocycles. The molecule has 2 heteroatoms. The van der Waals surface area contributed by atoms with Crippen molar-refractivity contribution in [1.29, 1.82) is 0 Å². The second-order valence-electron chi connectivity index (χ2n) is 3.29. The first-order valence-corrected chi connectivity index (χ1v) is 4.84. The lowest BCUT2D eigenvalue weighted by atomic mass is 10.1. The summed E-state index contributed by atoms with van der Waals surface area (Å²) >= 11 is 0. The van der Waals surface area contributed by atoms with E-state index in [1.165, 1.54) is 5.39 Å². The second-order valence-corrected chi connectivity index (χ2v) is 3.29. The summed E-state index contributed by atoms with van der Waals surface area (Å²) in [5.74, 6) is 0. The van der Waals surface area contributed by atoms with Gasteiger partial charge in [-0.15, -0.1) is 0 Å². The third-order valence-corrected chi connectivity index (χ3v) is 2.21. The molecule has 0 aliphatic heterocycles. The fourth-order valence-electron chi connectivity index (χ4n) is 1.47. The molecule has 0 bridgehead atoms. The van der Waals surface area contributed by atoms with Crippen LogP contribution in [0.5, 0.6) is 0 Å². The van der Waals surface area contributed by atoms with Crippen molar-refractivity contribution in [3.63, 3.8) is 0 Å². The molecule has 0 amide bonds. The fourth-order valence-corrected chi connectivity index (χ4v) is 1.47. The van der Waals surface area contributed by atoms with E-state index in [0.29, 0.717) is 6.42 Å². The molecule has 0 aliphatic rings. The largest absolute Gasteiger partial charge is 0.303 e. The number of hydrogen-bond acceptors (Lipinski definition) is 2. The quantitative estimate of drug-likeness (QED) is 0.708. The summed E-state index contributed by atoms with van der Waals surface area (Å²) in [6.07, 6.45) is 8.79. The molecule has 0 spiro atoms. The number of nitrogens with zero attached hydrogens (tertiary/aromatic N) is 1. The van der Waals surface area contributed by atoms with Gasteiger partial charge in [0.15, 0.2) is 0 Å². The van der Waals surface area contributed by atoms with E-state index in [1.807, 2.05) is 36.5 Å². The number of aldehydes is 1. The highest BCUT2D eigenvalue weighted by Crippen LogP contribution is 2.15. The third kappa shape index (κ3) is 2.29. The molecule has 2 nitrogen and oxygen atoms in total. The molecule has 1 heterocycles. The van der Waals surface area contributed by atoms with Crippen LogP contribution in [0.1, 0.15) is 12.0 Å². The normalized spacial score (nSPS) is 10.9. The van der Waals surface area contributed by atoms with Crippen LogP contribution in [0.15, 0.2) is 42.7 Å². The molecule has 0 aliphatic carbocycles. The molecule has 1 aromatic carbocycles. The Bertz CT molecular complexity index is 503. The van der Waals surface area contributed by atoms with Crippen molar-refractivity contribution in [3.8, 4) is 0 Å². The summed E-state index contributed by atoms with van der Waals surface area (Å²) in [4.78, 5) is 14.2. The molecular weight excluding hydrogens is 186 g/mol. The van der Waals surface area contributed by atoms with E-state index < -0.39 is 0 Å². The van der Waals surface area contributed by atoms with Crippen molar-refractivity contribution < 1.29 is 4.79 Å². The van der Waals surface area contributed by atoms with Gasteiger partial charge in [0.2, 0.25) is 0 Å². The van der Waals surface area contributed by atoms with Gasteiger partial charge in [-0.3, -0.25) is 4.98 Å². The molecule has 15 heavy (non-hydrogen) atoms. The zero-order valence-electron chi connectivity index (χ0n) is 8.26. The van der Waals surface area contributed by atoms with E-state index >= 15 is 0 Å². The van der Waals surface area contributed by atoms with Crippen LogP contribution in [0, 0.1) is 0 Å². The first kappa shape index (κ1) is 9.59. The van der Waals surface area contributed by atoms with E-state index in [-0.39, 0.29) is 0 Å². The van der Waals surface area contributed by atoms with Crippen LogP contribution in [0.2, 0.25) is 0 Å². The summed E-state index contributed by atoms with van der Waals surface area (Å²) < 4.78 is 0. The third-order valence-electron chi connectivity index (χ3n) is 2.21. The van der Waals surface area contributed by atoms with Gasteiger partial charge in [-0.05, 0) is 23.1 Å². The summed E-state index contributed by atoms with van der Waals surface area (Å²) in [5.41, 5.74) is 1.11. The van der Waals surface area contributed by atoms with Gasteiger partial charge < -0.3 is 4.79 Å². The summed E-state index contributed by atoms with van der Waals surface area (Å²) in [5, 5.41) is 2.29. The van der Waals surface area contributed by atoms with Crippen molar-refractivity contribution in [2.75, 3.05) is 0 Å². The zero-order valence-corrected chi connectivity index (χ0v) is 8.26. The number of rotatable bonds is 3. The Balaban J connectivity index is 2.34. The number of fused-ring (bicyclic) bond motifs is 1. The van der Waals surface area contributed by atoms with Crippen LogP contribution >= 0.6 is 0 Å². The smallest absolute Gasteiger partial charge is 0.123 e. The maximum atomic E-state index is 10.1. The molecule has 0 atom stereocenters. The van der Waals surface area contributed by atoms with Crippen LogP contribution in [-0.4, -0.2) is 11.3 Å². The molecule has 0 unspecified atom stereocenters. The van der Waals surface area contributed by atoms with E-state index in [0.717, 1.165) is 17.2 Å². The van der Waals surface area contributed by atoms with Gasteiger partial charge in [-0.25, -0.2) is 0 Å². The van der Waals surface area contributed by atoms with Crippen molar-refractivity contribution >= 4 is 23.1 Å². The molecule has 0 saturated carbocycles. The molecule has 0 N–H and O–H groups in total. The van der Waals surface area contributed by atoms with Crippen molar-refractivity contribution in [1.82, 2.24) is 4.98 Å². The Labute approximate surface area is 88.3 Å². The second kappa shape index (κ2) is 4.51. The van der Waals surface area contributed by atoms with E-state index in [1.54, 1.807) is 6.20 Å². The summed E-state index contributed by atoms with van der Waals surface area (Å²) in [6, 6.07) is 8.11. The summed E-state index contributed by atoms with van der Waals surface area (Å²) in [6.45, 7) is 0. The minimum atomic E-state index is 0.467. The maximum Gasteiger partial charge on any atom is 0.123 e. The number of aromatic nitrogens is 1. The average molecular weight is 197 g/mol. The predicted molar refractivity (Wildman–Crippen MR) is 61.5 cm³/mol. The average Bonchev–Trinajstić information content (AvgIpc) is 2.29. The van der Waals surface area contributed by atoms with Crippen molar-refractivity contribution in [3.05, 3.63) is 48.3 Å². The van der Waals surface area contributed by atoms with Gasteiger partial charge in [-0.2, -0.15) is 0 Å². The predicted octanol–water partition coefficient (Wildman–Crippen LogP) is 2.84. The summed E-state index contributed by atoms with van der Waals surface area (Å²) in [7, 11) is 0. The fraction of sp³-hybridized carbons (Fsp3) is 0.0769. The van der Waals surface area contributed by atoms with Crippen LogP contribution in [0.4, 0.5) is 0 Å². The number of hydrogen-bond donors (Lipinski definition) is 0.